The quantitative estimate of drug-likeness (QED) is 0.423. The van der Waals surface area contributed by atoms with E-state index in [1.807, 2.05) is 0 Å². The molecule has 0 saturated heterocycles. The minimum absolute atomic E-state index is 0. The smallest absolute Gasteiger partial charge is 1.00 e. The summed E-state index contributed by atoms with van der Waals surface area (Å²) in [6.45, 7) is 0. The number of halogens is 1. The summed E-state index contributed by atoms with van der Waals surface area (Å²) in [4.78, 5) is 0. The maximum Gasteiger partial charge on any atom is 2.00 e. The van der Waals surface area contributed by atoms with Crippen molar-refractivity contribution in [3.8, 4) is 0 Å². The van der Waals surface area contributed by atoms with Gasteiger partial charge in [-0.2, -0.15) is 35.0 Å². The van der Waals surface area contributed by atoms with Crippen LogP contribution in [-0.4, -0.2) is 0 Å². The molecule has 0 heterocycles. The zero-order valence-electron chi connectivity index (χ0n) is 11.0. The van der Waals surface area contributed by atoms with Crippen LogP contribution in [0.5, 0.6) is 0 Å². The van der Waals surface area contributed by atoms with Gasteiger partial charge < -0.3 is 12.4 Å². The van der Waals surface area contributed by atoms with Gasteiger partial charge in [-0.3, -0.25) is 0 Å². The summed E-state index contributed by atoms with van der Waals surface area (Å²) in [6.07, 6.45) is 0. The molecule has 4 rings (SSSR count). The summed E-state index contributed by atoms with van der Waals surface area (Å²) < 4.78 is 0. The second-order valence-corrected chi connectivity index (χ2v) is 4.31. The first-order valence-corrected chi connectivity index (χ1v) is 6.14. The molecule has 2 heteroatoms. The van der Waals surface area contributed by atoms with Crippen LogP contribution in [0, 0.1) is 0 Å². The molecule has 20 heavy (non-hydrogen) atoms. The van der Waals surface area contributed by atoms with Gasteiger partial charge in [0.05, 0.1) is 0 Å². The van der Waals surface area contributed by atoms with E-state index >= 15 is 0 Å². The maximum absolute atomic E-state index is 2.12. The molecule has 0 aliphatic heterocycles. The van der Waals surface area contributed by atoms with Gasteiger partial charge in [0.25, 0.3) is 0 Å². The molecule has 0 nitrogen and oxygen atoms in total. The van der Waals surface area contributed by atoms with Crippen LogP contribution in [0.25, 0.3) is 21.5 Å². The van der Waals surface area contributed by atoms with Crippen molar-refractivity contribution in [2.75, 3.05) is 0 Å². The minimum Gasteiger partial charge on any atom is -1.00 e. The average Bonchev–Trinajstić information content (AvgIpc) is 3.08. The normalized spacial score (nSPS) is 9.20. The molecule has 0 atom stereocenters. The summed E-state index contributed by atoms with van der Waals surface area (Å²) in [6, 6.07) is 29.3. The molecule has 0 saturated carbocycles. The summed E-state index contributed by atoms with van der Waals surface area (Å²) in [5, 5.41) is 5.32. The third-order valence-electron chi connectivity index (χ3n) is 3.10. The van der Waals surface area contributed by atoms with E-state index in [0.29, 0.717) is 0 Å². The van der Waals surface area contributed by atoms with Gasteiger partial charge in [0.2, 0.25) is 0 Å². The monoisotopic (exact) mass is 355 g/mol. The third kappa shape index (κ3) is 3.91. The fourth-order valence-corrected chi connectivity index (χ4v) is 2.14. The Morgan fingerprint density at radius 3 is 1.35 bits per heavy atom. The zero-order chi connectivity index (χ0) is 12.2. The van der Waals surface area contributed by atoms with Gasteiger partial charge in [0.1, 0.15) is 0 Å². The van der Waals surface area contributed by atoms with Crippen molar-refractivity contribution in [1.82, 2.24) is 0 Å². The molecule has 4 aromatic carbocycles. The fourth-order valence-electron chi connectivity index (χ4n) is 2.14. The molecule has 0 aliphatic rings. The second-order valence-electron chi connectivity index (χ2n) is 4.31. The van der Waals surface area contributed by atoms with E-state index in [4.69, 9.17) is 0 Å². The van der Waals surface area contributed by atoms with Crippen LogP contribution in [0.15, 0.2) is 84.9 Å². The van der Waals surface area contributed by atoms with Crippen molar-refractivity contribution in [3.05, 3.63) is 84.9 Å². The van der Waals surface area contributed by atoms with Crippen LogP contribution in [0.1, 0.15) is 0 Å². The Morgan fingerprint density at radius 2 is 0.950 bits per heavy atom. The van der Waals surface area contributed by atoms with Gasteiger partial charge in [0, 0.05) is 0 Å². The molecule has 0 radical (unpaired) electrons. The zero-order valence-corrected chi connectivity index (χ0v) is 14.2. The van der Waals surface area contributed by atoms with E-state index in [2.05, 4.69) is 84.9 Å². The maximum atomic E-state index is 2.12. The van der Waals surface area contributed by atoms with Crippen LogP contribution >= 0.6 is 0 Å². The largest absolute Gasteiger partial charge is 2.00 e. The standard InChI is InChI=1S/2C9H7.ClH.Zr/c2*1-2-5-9-7-3-6-8(9)4-1;;/h2*1-7H;1H;/q2*-1;;+2/p-1. The van der Waals surface area contributed by atoms with Gasteiger partial charge in [-0.25, -0.2) is 0 Å². The van der Waals surface area contributed by atoms with Gasteiger partial charge >= 0.3 is 26.2 Å². The molecule has 0 bridgehead atoms. The second kappa shape index (κ2) is 8.19. The molecule has 4 aromatic rings. The summed E-state index contributed by atoms with van der Waals surface area (Å²) in [7, 11) is 0. The van der Waals surface area contributed by atoms with Crippen molar-refractivity contribution >= 4 is 21.5 Å². The molecule has 0 spiro atoms. The van der Waals surface area contributed by atoms with Crippen LogP contribution in [0.2, 0.25) is 0 Å². The summed E-state index contributed by atoms with van der Waals surface area (Å²) in [5.74, 6) is 0. The van der Waals surface area contributed by atoms with Gasteiger partial charge in [-0.1, -0.05) is 12.1 Å². The predicted molar refractivity (Wildman–Crippen MR) is 79.1 cm³/mol. The number of fused-ring (bicyclic) bond motifs is 2. The first-order chi connectivity index (χ1) is 8.93. The topological polar surface area (TPSA) is 0 Å². The Kier molecular flexibility index (Phi) is 6.92. The number of benzene rings is 2. The first kappa shape index (κ1) is 16.9. The molecule has 98 valence electrons. The van der Waals surface area contributed by atoms with Gasteiger partial charge in [-0.05, 0) is 0 Å². The number of hydrogen-bond acceptors (Lipinski definition) is 0. The minimum atomic E-state index is 0. The molecule has 0 amide bonds. The predicted octanol–water partition coefficient (Wildman–Crippen LogP) is 2.12. The Balaban J connectivity index is 0.000000182. The Bertz CT molecular complexity index is 625. The average molecular weight is 357 g/mol. The Morgan fingerprint density at radius 1 is 0.550 bits per heavy atom. The molecule has 0 fully saturated rings. The van der Waals surface area contributed by atoms with Crippen molar-refractivity contribution in [3.63, 3.8) is 0 Å². The molecule has 0 N–H and O–H groups in total. The number of rotatable bonds is 0. The van der Waals surface area contributed by atoms with E-state index in [1.54, 1.807) is 0 Å². The van der Waals surface area contributed by atoms with E-state index in [-0.39, 0.29) is 38.6 Å². The Hall–Kier alpha value is -1.17. The van der Waals surface area contributed by atoms with Gasteiger partial charge in [0.15, 0.2) is 0 Å². The summed E-state index contributed by atoms with van der Waals surface area (Å²) in [5.41, 5.74) is 0. The fraction of sp³-hybridized carbons (Fsp3) is 0. The van der Waals surface area contributed by atoms with Crippen molar-refractivity contribution in [1.29, 1.82) is 0 Å². The van der Waals surface area contributed by atoms with E-state index < -0.39 is 0 Å². The van der Waals surface area contributed by atoms with E-state index in [9.17, 15) is 0 Å². The van der Waals surface area contributed by atoms with Crippen molar-refractivity contribution < 1.29 is 38.6 Å². The van der Waals surface area contributed by atoms with Crippen LogP contribution in [0.4, 0.5) is 0 Å². The van der Waals surface area contributed by atoms with Gasteiger partial charge in [-0.15, -0.1) is 59.3 Å². The van der Waals surface area contributed by atoms with E-state index in [0.717, 1.165) is 0 Å². The van der Waals surface area contributed by atoms with Crippen LogP contribution in [0.3, 0.4) is 0 Å². The molecule has 0 unspecified atom stereocenters. The Labute approximate surface area is 144 Å². The summed E-state index contributed by atoms with van der Waals surface area (Å²) >= 11 is 0. The molecular weight excluding hydrogens is 343 g/mol. The van der Waals surface area contributed by atoms with Crippen LogP contribution in [-0.2, 0) is 26.2 Å². The number of hydrogen-bond donors (Lipinski definition) is 0. The van der Waals surface area contributed by atoms with Crippen molar-refractivity contribution in [2.45, 2.75) is 0 Å². The molecular formula is C18H14ClZr-. The van der Waals surface area contributed by atoms with E-state index in [1.165, 1.54) is 21.5 Å². The molecule has 0 aromatic heterocycles. The first-order valence-electron chi connectivity index (χ1n) is 6.14. The third-order valence-corrected chi connectivity index (χ3v) is 3.10. The van der Waals surface area contributed by atoms with Crippen molar-refractivity contribution in [2.24, 2.45) is 0 Å². The molecule has 0 aliphatic carbocycles. The SMILES string of the molecule is [Cl-].[Zr+2].c1ccc2[cH-]ccc2c1.c1ccc2[cH-]ccc2c1. The van der Waals surface area contributed by atoms with Crippen LogP contribution < -0.4 is 12.4 Å².